The normalized spacial score (nSPS) is 10.5. The molecule has 104 valence electrons. The summed E-state index contributed by atoms with van der Waals surface area (Å²) in [6.07, 6.45) is 4.08. The van der Waals surface area contributed by atoms with Gasteiger partial charge in [-0.2, -0.15) is 0 Å². The van der Waals surface area contributed by atoms with E-state index in [9.17, 15) is 9.59 Å². The minimum Gasteiger partial charge on any atom is -0.303 e. The second-order valence-corrected chi connectivity index (χ2v) is 4.63. The van der Waals surface area contributed by atoms with Gasteiger partial charge in [0.15, 0.2) is 6.29 Å². The molecule has 0 radical (unpaired) electrons. The zero-order valence-electron chi connectivity index (χ0n) is 11.4. The van der Waals surface area contributed by atoms with Crippen LogP contribution in [0, 0.1) is 6.92 Å². The number of benzene rings is 1. The number of hydrogen-bond donors (Lipinski definition) is 0. The molecule has 0 saturated heterocycles. The van der Waals surface area contributed by atoms with E-state index in [-0.39, 0.29) is 5.56 Å². The van der Waals surface area contributed by atoms with Gasteiger partial charge >= 0.3 is 0 Å². The van der Waals surface area contributed by atoms with E-state index in [1.54, 1.807) is 23.2 Å². The smallest absolute Gasteiger partial charge is 0.255 e. The number of carbonyl (C=O) groups is 1. The zero-order valence-corrected chi connectivity index (χ0v) is 11.4. The Hall–Kier alpha value is -2.95. The lowest BCUT2D eigenvalue weighted by Crippen LogP contribution is -2.15. The van der Waals surface area contributed by atoms with Gasteiger partial charge in [-0.3, -0.25) is 14.2 Å². The molecule has 0 amide bonds. The Labute approximate surface area is 121 Å². The zero-order chi connectivity index (χ0) is 14.8. The molecule has 5 heteroatoms. The maximum absolute atomic E-state index is 11.8. The second kappa shape index (κ2) is 5.20. The molecular formula is C16H13N3O2. The number of hydrogen-bond acceptors (Lipinski definition) is 3. The molecule has 0 aliphatic carbocycles. The topological polar surface area (TPSA) is 56.9 Å². The minimum atomic E-state index is -0.0766. The molecule has 0 spiro atoms. The first kappa shape index (κ1) is 13.1. The standard InChI is InChI=1S/C16H13N3O2/c1-12-15(10-20)17-11-19(12)14-7-5-13(6-8-14)18-9-3-2-4-16(18)21/h2-11H,1H3. The minimum absolute atomic E-state index is 0.0766. The molecule has 0 aliphatic heterocycles. The lowest BCUT2D eigenvalue weighted by Gasteiger charge is -2.08. The van der Waals surface area contributed by atoms with Crippen molar-refractivity contribution >= 4 is 6.29 Å². The van der Waals surface area contributed by atoms with E-state index in [4.69, 9.17) is 0 Å². The molecule has 0 saturated carbocycles. The van der Waals surface area contributed by atoms with Gasteiger partial charge < -0.3 is 4.57 Å². The van der Waals surface area contributed by atoms with Crippen molar-refractivity contribution in [2.45, 2.75) is 6.92 Å². The van der Waals surface area contributed by atoms with Gasteiger partial charge in [-0.05, 0) is 37.3 Å². The molecule has 0 bridgehead atoms. The highest BCUT2D eigenvalue weighted by atomic mass is 16.1. The molecular weight excluding hydrogens is 266 g/mol. The lowest BCUT2D eigenvalue weighted by molar-refractivity contribution is 0.111. The number of rotatable bonds is 3. The summed E-state index contributed by atoms with van der Waals surface area (Å²) in [5, 5.41) is 0. The van der Waals surface area contributed by atoms with E-state index in [1.807, 2.05) is 41.8 Å². The Bertz CT molecular complexity index is 844. The maximum atomic E-state index is 11.8. The molecule has 3 rings (SSSR count). The van der Waals surface area contributed by atoms with Crippen LogP contribution in [0.1, 0.15) is 16.2 Å². The first-order valence-corrected chi connectivity index (χ1v) is 6.48. The fourth-order valence-corrected chi connectivity index (χ4v) is 2.21. The Morgan fingerprint density at radius 2 is 1.67 bits per heavy atom. The maximum Gasteiger partial charge on any atom is 0.255 e. The molecule has 2 heterocycles. The van der Waals surface area contributed by atoms with Gasteiger partial charge in [0.05, 0.1) is 5.69 Å². The predicted octanol–water partition coefficient (Wildman–Crippen LogP) is 2.14. The van der Waals surface area contributed by atoms with Crippen LogP contribution in [0.4, 0.5) is 0 Å². The first-order chi connectivity index (χ1) is 10.2. The summed E-state index contributed by atoms with van der Waals surface area (Å²) in [6, 6.07) is 12.5. The van der Waals surface area contributed by atoms with Gasteiger partial charge in [0.2, 0.25) is 0 Å². The Kier molecular flexibility index (Phi) is 3.23. The summed E-state index contributed by atoms with van der Waals surface area (Å²) in [6.45, 7) is 1.84. The third kappa shape index (κ3) is 2.29. The Morgan fingerprint density at radius 3 is 2.24 bits per heavy atom. The largest absolute Gasteiger partial charge is 0.303 e. The molecule has 0 aliphatic rings. The first-order valence-electron chi connectivity index (χ1n) is 6.48. The summed E-state index contributed by atoms with van der Waals surface area (Å²) in [5.41, 5.74) is 2.82. The van der Waals surface area contributed by atoms with Gasteiger partial charge in [-0.25, -0.2) is 4.98 Å². The fraction of sp³-hybridized carbons (Fsp3) is 0.0625. The van der Waals surface area contributed by atoms with Gasteiger partial charge in [-0.1, -0.05) is 6.07 Å². The summed E-state index contributed by atoms with van der Waals surface area (Å²) in [5.74, 6) is 0. The lowest BCUT2D eigenvalue weighted by atomic mass is 10.2. The molecule has 1 aromatic carbocycles. The van der Waals surface area contributed by atoms with E-state index >= 15 is 0 Å². The van der Waals surface area contributed by atoms with Crippen LogP contribution in [0.5, 0.6) is 0 Å². The Balaban J connectivity index is 2.01. The summed E-state index contributed by atoms with van der Waals surface area (Å²) >= 11 is 0. The van der Waals surface area contributed by atoms with Crippen molar-refractivity contribution in [3.05, 3.63) is 76.7 Å². The van der Waals surface area contributed by atoms with E-state index in [2.05, 4.69) is 4.98 Å². The van der Waals surface area contributed by atoms with E-state index in [0.717, 1.165) is 23.4 Å². The van der Waals surface area contributed by atoms with Crippen LogP contribution in [0.25, 0.3) is 11.4 Å². The van der Waals surface area contributed by atoms with Gasteiger partial charge in [-0.15, -0.1) is 0 Å². The summed E-state index contributed by atoms with van der Waals surface area (Å²) in [7, 11) is 0. The molecule has 5 nitrogen and oxygen atoms in total. The number of aldehydes is 1. The molecule has 0 fully saturated rings. The molecule has 3 aromatic rings. The van der Waals surface area contributed by atoms with Crippen LogP contribution >= 0.6 is 0 Å². The third-order valence-corrected chi connectivity index (χ3v) is 3.38. The number of imidazole rings is 1. The second-order valence-electron chi connectivity index (χ2n) is 4.63. The molecule has 0 atom stereocenters. The highest BCUT2D eigenvalue weighted by molar-refractivity contribution is 5.73. The summed E-state index contributed by atoms with van der Waals surface area (Å²) in [4.78, 5) is 26.7. The van der Waals surface area contributed by atoms with E-state index in [1.165, 1.54) is 6.07 Å². The quantitative estimate of drug-likeness (QED) is 0.690. The van der Waals surface area contributed by atoms with Crippen molar-refractivity contribution in [2.75, 3.05) is 0 Å². The number of carbonyl (C=O) groups excluding carboxylic acids is 1. The van der Waals surface area contributed by atoms with Crippen molar-refractivity contribution in [1.29, 1.82) is 0 Å². The van der Waals surface area contributed by atoms with Crippen LogP contribution in [0.15, 0.2) is 59.8 Å². The van der Waals surface area contributed by atoms with Crippen molar-refractivity contribution in [3.63, 3.8) is 0 Å². The van der Waals surface area contributed by atoms with Crippen molar-refractivity contribution in [3.8, 4) is 11.4 Å². The average Bonchev–Trinajstić information content (AvgIpc) is 2.89. The van der Waals surface area contributed by atoms with E-state index in [0.29, 0.717) is 5.69 Å². The Morgan fingerprint density at radius 1 is 1.00 bits per heavy atom. The van der Waals surface area contributed by atoms with Crippen molar-refractivity contribution in [2.24, 2.45) is 0 Å². The van der Waals surface area contributed by atoms with Crippen LogP contribution in [-0.2, 0) is 0 Å². The fourth-order valence-electron chi connectivity index (χ4n) is 2.21. The SMILES string of the molecule is Cc1c(C=O)ncn1-c1ccc(-n2ccccc2=O)cc1. The number of nitrogens with zero attached hydrogens (tertiary/aromatic N) is 3. The number of pyridine rings is 1. The average molecular weight is 279 g/mol. The van der Waals surface area contributed by atoms with E-state index < -0.39 is 0 Å². The highest BCUT2D eigenvalue weighted by Crippen LogP contribution is 2.15. The summed E-state index contributed by atoms with van der Waals surface area (Å²) < 4.78 is 3.41. The van der Waals surface area contributed by atoms with Gasteiger partial charge in [0.25, 0.3) is 5.56 Å². The van der Waals surface area contributed by atoms with Gasteiger partial charge in [0, 0.05) is 23.6 Å². The molecule has 0 unspecified atom stereocenters. The highest BCUT2D eigenvalue weighted by Gasteiger charge is 2.07. The molecule has 21 heavy (non-hydrogen) atoms. The van der Waals surface area contributed by atoms with Crippen LogP contribution in [0.3, 0.4) is 0 Å². The van der Waals surface area contributed by atoms with Crippen molar-refractivity contribution < 1.29 is 4.79 Å². The van der Waals surface area contributed by atoms with Crippen LogP contribution in [-0.4, -0.2) is 20.4 Å². The number of aromatic nitrogens is 3. The van der Waals surface area contributed by atoms with Gasteiger partial charge in [0.1, 0.15) is 12.0 Å². The molecule has 0 N–H and O–H groups in total. The molecule has 2 aromatic heterocycles. The third-order valence-electron chi connectivity index (χ3n) is 3.38. The predicted molar refractivity (Wildman–Crippen MR) is 79.3 cm³/mol. The monoisotopic (exact) mass is 279 g/mol. The van der Waals surface area contributed by atoms with Crippen LogP contribution in [0.2, 0.25) is 0 Å². The van der Waals surface area contributed by atoms with Crippen molar-refractivity contribution in [1.82, 2.24) is 14.1 Å². The van der Waals surface area contributed by atoms with Crippen LogP contribution < -0.4 is 5.56 Å².